The lowest BCUT2D eigenvalue weighted by Gasteiger charge is -2.22. The quantitative estimate of drug-likeness (QED) is 0.893. The maximum Gasteiger partial charge on any atom is 0.249 e. The van der Waals surface area contributed by atoms with E-state index in [1.165, 1.54) is 17.7 Å². The molecule has 0 spiro atoms. The summed E-state index contributed by atoms with van der Waals surface area (Å²) < 4.78 is 13.7. The normalized spacial score (nSPS) is 14.0. The van der Waals surface area contributed by atoms with Crippen LogP contribution in [0.5, 0.6) is 0 Å². The third-order valence-corrected chi connectivity index (χ3v) is 4.14. The molecule has 1 amide bonds. The molecule has 1 saturated heterocycles. The minimum atomic E-state index is -0.468. The molecule has 1 aliphatic heterocycles. The Labute approximate surface area is 147 Å². The molecule has 3 rings (SSSR count). The zero-order valence-corrected chi connectivity index (χ0v) is 14.0. The molecule has 126 valence electrons. The Hall–Kier alpha value is -2.17. The maximum atomic E-state index is 13.7. The molecule has 0 unspecified atom stereocenters. The minimum absolute atomic E-state index is 0. The first-order valence-corrected chi connectivity index (χ1v) is 7.74. The maximum absolute atomic E-state index is 13.7. The summed E-state index contributed by atoms with van der Waals surface area (Å²) in [5, 5.41) is 3.32. The number of halogens is 2. The van der Waals surface area contributed by atoms with Crippen LogP contribution in [0, 0.1) is 5.82 Å². The Balaban J connectivity index is 0.00000208. The highest BCUT2D eigenvalue weighted by Crippen LogP contribution is 2.33. The third kappa shape index (κ3) is 3.83. The van der Waals surface area contributed by atoms with Gasteiger partial charge in [-0.25, -0.2) is 4.39 Å². The summed E-state index contributed by atoms with van der Waals surface area (Å²) in [4.78, 5) is 11.8. The fraction of sp³-hybridized carbons (Fsp3) is 0.211. The van der Waals surface area contributed by atoms with Gasteiger partial charge in [0.15, 0.2) is 0 Å². The summed E-state index contributed by atoms with van der Waals surface area (Å²) in [5.41, 5.74) is 9.74. The largest absolute Gasteiger partial charge is 0.366 e. The smallest absolute Gasteiger partial charge is 0.249 e. The summed E-state index contributed by atoms with van der Waals surface area (Å²) >= 11 is 0. The average molecular weight is 347 g/mol. The number of hydrogen-bond acceptors (Lipinski definition) is 2. The Bertz CT molecular complexity index is 765. The lowest BCUT2D eigenvalue weighted by atomic mass is 9.86. The summed E-state index contributed by atoms with van der Waals surface area (Å²) in [6.07, 6.45) is 1.75. The fourth-order valence-electron chi connectivity index (χ4n) is 3.09. The average Bonchev–Trinajstić information content (AvgIpc) is 2.56. The van der Waals surface area contributed by atoms with Gasteiger partial charge in [0.25, 0.3) is 0 Å². The monoisotopic (exact) mass is 346 g/mol. The SMILES string of the molecule is Cl.NC(=O)c1ccccc1C(=C1CCNCC1)c1cccc(F)c1. The van der Waals surface area contributed by atoms with Crippen LogP contribution in [0.4, 0.5) is 4.39 Å². The number of piperidine rings is 1. The van der Waals surface area contributed by atoms with Crippen molar-refractivity contribution in [3.63, 3.8) is 0 Å². The summed E-state index contributed by atoms with van der Waals surface area (Å²) in [6.45, 7) is 1.76. The van der Waals surface area contributed by atoms with Crippen molar-refractivity contribution in [3.05, 3.63) is 76.6 Å². The first-order valence-electron chi connectivity index (χ1n) is 7.74. The van der Waals surface area contributed by atoms with Crippen molar-refractivity contribution < 1.29 is 9.18 Å². The highest BCUT2D eigenvalue weighted by molar-refractivity contribution is 6.00. The van der Waals surface area contributed by atoms with E-state index in [9.17, 15) is 9.18 Å². The van der Waals surface area contributed by atoms with E-state index in [4.69, 9.17) is 5.73 Å². The van der Waals surface area contributed by atoms with Crippen molar-refractivity contribution in [1.29, 1.82) is 0 Å². The zero-order valence-electron chi connectivity index (χ0n) is 13.2. The van der Waals surface area contributed by atoms with Gasteiger partial charge in [0.1, 0.15) is 5.82 Å². The number of amides is 1. The predicted molar refractivity (Wildman–Crippen MR) is 96.7 cm³/mol. The Kier molecular flexibility index (Phi) is 6.12. The molecule has 0 aliphatic carbocycles. The number of nitrogens with one attached hydrogen (secondary N) is 1. The van der Waals surface area contributed by atoms with Crippen molar-refractivity contribution in [2.45, 2.75) is 12.8 Å². The van der Waals surface area contributed by atoms with Crippen molar-refractivity contribution >= 4 is 23.9 Å². The van der Waals surface area contributed by atoms with Crippen LogP contribution in [0.25, 0.3) is 5.57 Å². The standard InChI is InChI=1S/C19H19FN2O.ClH/c20-15-5-3-4-14(12-15)18(13-8-10-22-11-9-13)16-6-1-2-7-17(16)19(21)23;/h1-7,12,22H,8-11H2,(H2,21,23);1H. The van der Waals surface area contributed by atoms with Gasteiger partial charge in [-0.1, -0.05) is 35.9 Å². The van der Waals surface area contributed by atoms with Crippen LogP contribution in [-0.4, -0.2) is 19.0 Å². The molecule has 3 nitrogen and oxygen atoms in total. The third-order valence-electron chi connectivity index (χ3n) is 4.14. The molecule has 1 fully saturated rings. The number of benzene rings is 2. The molecule has 0 aromatic heterocycles. The van der Waals surface area contributed by atoms with Gasteiger partial charge in [-0.2, -0.15) is 0 Å². The number of hydrogen-bond donors (Lipinski definition) is 2. The molecule has 2 aromatic rings. The van der Waals surface area contributed by atoms with E-state index < -0.39 is 5.91 Å². The molecule has 24 heavy (non-hydrogen) atoms. The molecular weight excluding hydrogens is 327 g/mol. The van der Waals surface area contributed by atoms with Crippen molar-refractivity contribution in [3.8, 4) is 0 Å². The van der Waals surface area contributed by atoms with Crippen LogP contribution in [0.1, 0.15) is 34.3 Å². The topological polar surface area (TPSA) is 55.1 Å². The van der Waals surface area contributed by atoms with Crippen molar-refractivity contribution in [1.82, 2.24) is 5.32 Å². The molecule has 2 aromatic carbocycles. The number of carbonyl (C=O) groups is 1. The van der Waals surface area contributed by atoms with E-state index in [1.54, 1.807) is 18.2 Å². The molecule has 0 radical (unpaired) electrons. The summed E-state index contributed by atoms with van der Waals surface area (Å²) in [6, 6.07) is 13.8. The van der Waals surface area contributed by atoms with Crippen LogP contribution in [0.15, 0.2) is 54.1 Å². The molecule has 0 bridgehead atoms. The predicted octanol–water partition coefficient (Wildman–Crippen LogP) is 3.53. The lowest BCUT2D eigenvalue weighted by molar-refractivity contribution is 0.1000. The van der Waals surface area contributed by atoms with Crippen molar-refractivity contribution in [2.75, 3.05) is 13.1 Å². The summed E-state index contributed by atoms with van der Waals surface area (Å²) in [7, 11) is 0. The van der Waals surface area contributed by atoms with Crippen LogP contribution < -0.4 is 11.1 Å². The number of rotatable bonds is 3. The lowest BCUT2D eigenvalue weighted by Crippen LogP contribution is -2.24. The second-order valence-corrected chi connectivity index (χ2v) is 5.65. The molecular formula is C19H20ClFN2O. The van der Waals surface area contributed by atoms with Crippen LogP contribution >= 0.6 is 12.4 Å². The van der Waals surface area contributed by atoms with Gasteiger partial charge in [-0.3, -0.25) is 4.79 Å². The van der Waals surface area contributed by atoms with Crippen LogP contribution in [-0.2, 0) is 0 Å². The minimum Gasteiger partial charge on any atom is -0.366 e. The second-order valence-electron chi connectivity index (χ2n) is 5.65. The fourth-order valence-corrected chi connectivity index (χ4v) is 3.09. The molecule has 0 atom stereocenters. The Morgan fingerprint density at radius 1 is 1.00 bits per heavy atom. The number of carbonyl (C=O) groups excluding carboxylic acids is 1. The Morgan fingerprint density at radius 3 is 2.29 bits per heavy atom. The van der Waals surface area contributed by atoms with Gasteiger partial charge in [-0.15, -0.1) is 12.4 Å². The van der Waals surface area contributed by atoms with Gasteiger partial charge in [0.05, 0.1) is 0 Å². The van der Waals surface area contributed by atoms with Crippen LogP contribution in [0.2, 0.25) is 0 Å². The Morgan fingerprint density at radius 2 is 1.67 bits per heavy atom. The highest BCUT2D eigenvalue weighted by atomic mass is 35.5. The molecule has 0 saturated carbocycles. The van der Waals surface area contributed by atoms with E-state index in [-0.39, 0.29) is 18.2 Å². The van der Waals surface area contributed by atoms with Gasteiger partial charge >= 0.3 is 0 Å². The molecule has 3 N–H and O–H groups in total. The van der Waals surface area contributed by atoms with Gasteiger partial charge in [-0.05, 0) is 60.8 Å². The van der Waals surface area contributed by atoms with E-state index in [2.05, 4.69) is 5.32 Å². The molecule has 1 aliphatic rings. The molecule has 1 heterocycles. The molecule has 5 heteroatoms. The number of primary amides is 1. The van der Waals surface area contributed by atoms with E-state index in [0.29, 0.717) is 5.56 Å². The first-order chi connectivity index (χ1) is 11.2. The van der Waals surface area contributed by atoms with Crippen LogP contribution in [0.3, 0.4) is 0 Å². The highest BCUT2D eigenvalue weighted by Gasteiger charge is 2.19. The first kappa shape index (κ1) is 18.2. The second kappa shape index (κ2) is 8.08. The van der Waals surface area contributed by atoms with Crippen molar-refractivity contribution in [2.24, 2.45) is 5.73 Å². The number of nitrogens with two attached hydrogens (primary N) is 1. The van der Waals surface area contributed by atoms with Gasteiger partial charge < -0.3 is 11.1 Å². The zero-order chi connectivity index (χ0) is 16.2. The summed E-state index contributed by atoms with van der Waals surface area (Å²) in [5.74, 6) is -0.755. The van der Waals surface area contributed by atoms with E-state index in [0.717, 1.165) is 42.6 Å². The van der Waals surface area contributed by atoms with E-state index >= 15 is 0 Å². The van der Waals surface area contributed by atoms with Gasteiger partial charge in [0.2, 0.25) is 5.91 Å². The van der Waals surface area contributed by atoms with E-state index in [1.807, 2.05) is 18.2 Å². The van der Waals surface area contributed by atoms with Gasteiger partial charge in [0, 0.05) is 5.56 Å².